The molecule has 0 aliphatic carbocycles. The molecule has 0 aliphatic heterocycles. The molecule has 2 heterocycles. The number of benzene rings is 2. The van der Waals surface area contributed by atoms with Gasteiger partial charge in [0, 0.05) is 28.2 Å². The largest absolute Gasteiger partial charge is 0.338 e. The number of nitrogens with zero attached hydrogens (tertiary/aromatic N) is 2. The summed E-state index contributed by atoms with van der Waals surface area (Å²) in [6.07, 6.45) is 2.85. The van der Waals surface area contributed by atoms with Crippen LogP contribution in [-0.4, -0.2) is 29.9 Å². The number of hydrogen-bond donors (Lipinski definition) is 2. The molecule has 126 valence electrons. The molecule has 2 aromatic heterocycles. The lowest BCUT2D eigenvalue weighted by Crippen LogP contribution is -1.98. The standard InChI is InChI=1S/C17H13ClN4O2S/c1-25(23,24)11-3-5-14-13(9-11)15(6-7-19-14)20-17-12-4-2-10(18)8-16(12)21-22-17/h2-9H,1H3,(H2,19,20,21,22). The second-order valence-corrected chi connectivity index (χ2v) is 8.15. The average Bonchev–Trinajstić information content (AvgIpc) is 2.96. The second-order valence-electron chi connectivity index (χ2n) is 5.70. The zero-order valence-corrected chi connectivity index (χ0v) is 14.7. The van der Waals surface area contributed by atoms with Gasteiger partial charge in [-0.1, -0.05) is 11.6 Å². The van der Waals surface area contributed by atoms with Crippen LogP contribution in [0.15, 0.2) is 53.6 Å². The van der Waals surface area contributed by atoms with Gasteiger partial charge in [0.2, 0.25) is 0 Å². The quantitative estimate of drug-likeness (QED) is 0.569. The number of sulfone groups is 1. The number of anilines is 2. The lowest BCUT2D eigenvalue weighted by atomic mass is 10.2. The molecule has 0 unspecified atom stereocenters. The lowest BCUT2D eigenvalue weighted by molar-refractivity contribution is 0.602. The van der Waals surface area contributed by atoms with Crippen LogP contribution in [0.2, 0.25) is 5.02 Å². The van der Waals surface area contributed by atoms with Crippen LogP contribution in [0.25, 0.3) is 21.8 Å². The van der Waals surface area contributed by atoms with Crippen LogP contribution >= 0.6 is 11.6 Å². The van der Waals surface area contributed by atoms with Crippen LogP contribution in [0.5, 0.6) is 0 Å². The van der Waals surface area contributed by atoms with Gasteiger partial charge >= 0.3 is 0 Å². The first-order valence-corrected chi connectivity index (χ1v) is 9.68. The maximum absolute atomic E-state index is 11.8. The van der Waals surface area contributed by atoms with Crippen molar-refractivity contribution in [2.24, 2.45) is 0 Å². The number of rotatable bonds is 3. The van der Waals surface area contributed by atoms with E-state index in [0.29, 0.717) is 21.7 Å². The van der Waals surface area contributed by atoms with E-state index in [0.717, 1.165) is 16.6 Å². The zero-order chi connectivity index (χ0) is 17.6. The SMILES string of the molecule is CS(=O)(=O)c1ccc2nccc(Nc3n[nH]c4cc(Cl)ccc34)c2c1. The molecule has 0 amide bonds. The number of fused-ring (bicyclic) bond motifs is 2. The van der Waals surface area contributed by atoms with Gasteiger partial charge < -0.3 is 5.32 Å². The van der Waals surface area contributed by atoms with Crippen molar-refractivity contribution >= 4 is 54.7 Å². The van der Waals surface area contributed by atoms with E-state index >= 15 is 0 Å². The normalized spacial score (nSPS) is 11.9. The summed E-state index contributed by atoms with van der Waals surface area (Å²) in [5, 5.41) is 12.7. The summed E-state index contributed by atoms with van der Waals surface area (Å²) in [6, 6.07) is 12.1. The average molecular weight is 373 g/mol. The Bertz CT molecular complexity index is 1220. The fourth-order valence-corrected chi connectivity index (χ4v) is 3.50. The summed E-state index contributed by atoms with van der Waals surface area (Å²) in [6.45, 7) is 0. The van der Waals surface area contributed by atoms with E-state index in [9.17, 15) is 8.42 Å². The van der Waals surface area contributed by atoms with Crippen LogP contribution in [0.3, 0.4) is 0 Å². The van der Waals surface area contributed by atoms with Crippen molar-refractivity contribution < 1.29 is 8.42 Å². The molecule has 0 saturated carbocycles. The fraction of sp³-hybridized carbons (Fsp3) is 0.0588. The molecule has 8 heteroatoms. The third-order valence-electron chi connectivity index (χ3n) is 3.92. The molecule has 0 fully saturated rings. The topological polar surface area (TPSA) is 87.7 Å². The van der Waals surface area contributed by atoms with Gasteiger partial charge in [-0.05, 0) is 42.5 Å². The van der Waals surface area contributed by atoms with Gasteiger partial charge in [0.05, 0.1) is 21.6 Å². The van der Waals surface area contributed by atoms with E-state index in [2.05, 4.69) is 20.5 Å². The Morgan fingerprint density at radius 2 is 1.92 bits per heavy atom. The van der Waals surface area contributed by atoms with Crippen molar-refractivity contribution in [1.82, 2.24) is 15.2 Å². The highest BCUT2D eigenvalue weighted by Crippen LogP contribution is 2.30. The lowest BCUT2D eigenvalue weighted by Gasteiger charge is -2.09. The molecule has 2 aromatic carbocycles. The van der Waals surface area contributed by atoms with Crippen molar-refractivity contribution in [3.05, 3.63) is 53.7 Å². The first kappa shape index (κ1) is 15.9. The minimum atomic E-state index is -3.30. The van der Waals surface area contributed by atoms with Crippen LogP contribution in [0, 0.1) is 0 Å². The van der Waals surface area contributed by atoms with Crippen molar-refractivity contribution in [1.29, 1.82) is 0 Å². The third-order valence-corrected chi connectivity index (χ3v) is 5.26. The van der Waals surface area contributed by atoms with E-state index in [4.69, 9.17) is 11.6 Å². The number of aromatic amines is 1. The highest BCUT2D eigenvalue weighted by molar-refractivity contribution is 7.90. The van der Waals surface area contributed by atoms with Crippen LogP contribution in [0.1, 0.15) is 0 Å². The molecular weight excluding hydrogens is 360 g/mol. The van der Waals surface area contributed by atoms with Gasteiger partial charge in [-0.25, -0.2) is 8.42 Å². The third kappa shape index (κ3) is 2.92. The van der Waals surface area contributed by atoms with E-state index in [1.54, 1.807) is 42.6 Å². The highest BCUT2D eigenvalue weighted by atomic mass is 35.5. The van der Waals surface area contributed by atoms with Crippen LogP contribution < -0.4 is 5.32 Å². The minimum Gasteiger partial charge on any atom is -0.338 e. The Balaban J connectivity index is 1.85. The Morgan fingerprint density at radius 3 is 2.72 bits per heavy atom. The predicted octanol–water partition coefficient (Wildman–Crippen LogP) is 3.91. The first-order valence-electron chi connectivity index (χ1n) is 7.41. The Kier molecular flexibility index (Phi) is 3.63. The van der Waals surface area contributed by atoms with E-state index in [1.165, 1.54) is 6.26 Å². The van der Waals surface area contributed by atoms with Crippen molar-refractivity contribution in [2.45, 2.75) is 4.90 Å². The maximum atomic E-state index is 11.8. The molecule has 0 aliphatic rings. The minimum absolute atomic E-state index is 0.245. The zero-order valence-electron chi connectivity index (χ0n) is 13.1. The number of aromatic nitrogens is 3. The Morgan fingerprint density at radius 1 is 1.08 bits per heavy atom. The van der Waals surface area contributed by atoms with Gasteiger partial charge in [-0.2, -0.15) is 5.10 Å². The maximum Gasteiger partial charge on any atom is 0.175 e. The molecule has 25 heavy (non-hydrogen) atoms. The van der Waals surface area contributed by atoms with E-state index in [-0.39, 0.29) is 4.90 Å². The van der Waals surface area contributed by atoms with Crippen molar-refractivity contribution in [3.63, 3.8) is 0 Å². The molecule has 0 spiro atoms. The fourth-order valence-electron chi connectivity index (χ4n) is 2.68. The summed E-state index contributed by atoms with van der Waals surface area (Å²) < 4.78 is 23.7. The number of pyridine rings is 1. The summed E-state index contributed by atoms with van der Waals surface area (Å²) in [7, 11) is -3.30. The predicted molar refractivity (Wildman–Crippen MR) is 99.2 cm³/mol. The van der Waals surface area contributed by atoms with Crippen molar-refractivity contribution in [3.8, 4) is 0 Å². The van der Waals surface area contributed by atoms with Crippen molar-refractivity contribution in [2.75, 3.05) is 11.6 Å². The van der Waals surface area contributed by atoms with Gasteiger partial charge in [-0.15, -0.1) is 0 Å². The van der Waals surface area contributed by atoms with Crippen LogP contribution in [-0.2, 0) is 9.84 Å². The van der Waals surface area contributed by atoms with E-state index in [1.807, 2.05) is 6.07 Å². The van der Waals surface area contributed by atoms with Gasteiger partial charge in [0.25, 0.3) is 0 Å². The molecule has 0 radical (unpaired) electrons. The molecule has 0 bridgehead atoms. The number of nitrogens with one attached hydrogen (secondary N) is 2. The highest BCUT2D eigenvalue weighted by Gasteiger charge is 2.12. The number of H-pyrrole nitrogens is 1. The molecule has 0 saturated heterocycles. The molecule has 0 atom stereocenters. The molecular formula is C17H13ClN4O2S. The first-order chi connectivity index (χ1) is 11.9. The summed E-state index contributed by atoms with van der Waals surface area (Å²) >= 11 is 5.99. The van der Waals surface area contributed by atoms with Gasteiger partial charge in [0.1, 0.15) is 0 Å². The molecule has 4 aromatic rings. The molecule has 6 nitrogen and oxygen atoms in total. The summed E-state index contributed by atoms with van der Waals surface area (Å²) in [5.74, 6) is 0.629. The number of hydrogen-bond acceptors (Lipinski definition) is 5. The smallest absolute Gasteiger partial charge is 0.175 e. The Labute approximate surface area is 148 Å². The van der Waals surface area contributed by atoms with E-state index < -0.39 is 9.84 Å². The van der Waals surface area contributed by atoms with Gasteiger partial charge in [0.15, 0.2) is 15.7 Å². The van der Waals surface area contributed by atoms with Crippen LogP contribution in [0.4, 0.5) is 11.5 Å². The monoisotopic (exact) mass is 372 g/mol. The number of halogens is 1. The van der Waals surface area contributed by atoms with Gasteiger partial charge in [-0.3, -0.25) is 10.1 Å². The molecule has 4 rings (SSSR count). The summed E-state index contributed by atoms with van der Waals surface area (Å²) in [4.78, 5) is 4.53. The summed E-state index contributed by atoms with van der Waals surface area (Å²) in [5.41, 5.74) is 2.23. The second kappa shape index (κ2) is 5.72. The molecule has 2 N–H and O–H groups in total. The Hall–Kier alpha value is -2.64.